The first-order valence-electron chi connectivity index (χ1n) is 18.3. The van der Waals surface area contributed by atoms with Crippen molar-refractivity contribution in [1.29, 1.82) is 0 Å². The van der Waals surface area contributed by atoms with E-state index in [0.717, 1.165) is 22.3 Å². The lowest BCUT2D eigenvalue weighted by Gasteiger charge is -2.43. The Labute approximate surface area is 324 Å². The summed E-state index contributed by atoms with van der Waals surface area (Å²) in [4.78, 5) is 23.1. The first-order chi connectivity index (χ1) is 25.5. The number of imidazole rings is 1. The summed E-state index contributed by atoms with van der Waals surface area (Å²) in [6.07, 6.45) is 1.60. The number of fused-ring (bicyclic) bond motifs is 1. The molecule has 1 atom stereocenters. The summed E-state index contributed by atoms with van der Waals surface area (Å²) in [6.45, 7) is 22.0. The molecule has 5 rings (SSSR count). The maximum atomic E-state index is 15.9. The van der Waals surface area contributed by atoms with Crippen molar-refractivity contribution in [3.8, 4) is 17.4 Å². The fraction of sp³-hybridized carbons (Fsp3) is 0.390. The minimum atomic E-state index is -2.77. The van der Waals surface area contributed by atoms with Crippen molar-refractivity contribution < 1.29 is 23.0 Å². The van der Waals surface area contributed by atoms with E-state index in [2.05, 4.69) is 105 Å². The zero-order chi connectivity index (χ0) is 39.3. The van der Waals surface area contributed by atoms with Gasteiger partial charge in [0, 0.05) is 46.0 Å². The van der Waals surface area contributed by atoms with Crippen molar-refractivity contribution in [2.45, 2.75) is 84.6 Å². The molecule has 0 saturated carbocycles. The molecule has 0 unspecified atom stereocenters. The maximum absolute atomic E-state index is 15.9. The van der Waals surface area contributed by atoms with E-state index in [1.54, 1.807) is 6.07 Å². The van der Waals surface area contributed by atoms with Crippen LogP contribution in [0.3, 0.4) is 0 Å². The molecule has 0 aliphatic heterocycles. The van der Waals surface area contributed by atoms with Crippen LogP contribution in [0.15, 0.2) is 95.9 Å². The average molecular weight is 792 g/mol. The number of pyridine rings is 2. The van der Waals surface area contributed by atoms with Gasteiger partial charge in [-0.2, -0.15) is 4.98 Å². The molecule has 0 N–H and O–H groups in total. The van der Waals surface area contributed by atoms with E-state index in [4.69, 9.17) is 30.2 Å². The molecular weight excluding hydrogens is 739 g/mol. The van der Waals surface area contributed by atoms with Crippen LogP contribution in [0, 0.1) is 5.82 Å². The molecule has 0 saturated heterocycles. The summed E-state index contributed by atoms with van der Waals surface area (Å²) < 4.78 is 43.8. The van der Waals surface area contributed by atoms with Gasteiger partial charge in [-0.25, -0.2) is 18.7 Å². The molecule has 2 aromatic carbocycles. The van der Waals surface area contributed by atoms with Crippen LogP contribution >= 0.6 is 11.6 Å². The zero-order valence-electron chi connectivity index (χ0n) is 32.6. The molecule has 0 fully saturated rings. The molecule has 0 aliphatic carbocycles. The van der Waals surface area contributed by atoms with Crippen molar-refractivity contribution in [2.24, 2.45) is 0 Å². The van der Waals surface area contributed by atoms with Gasteiger partial charge in [-0.1, -0.05) is 119 Å². The van der Waals surface area contributed by atoms with Gasteiger partial charge in [0.05, 0.1) is 6.10 Å². The molecule has 0 spiro atoms. The second-order valence-electron chi connectivity index (χ2n) is 15.9. The topological polar surface area (TPSA) is 89.6 Å². The maximum Gasteiger partial charge on any atom is 0.338 e. The van der Waals surface area contributed by atoms with Gasteiger partial charge in [0.2, 0.25) is 5.88 Å². The summed E-state index contributed by atoms with van der Waals surface area (Å²) >= 11 is 6.55. The fourth-order valence-corrected chi connectivity index (χ4v) is 11.9. The predicted octanol–water partition coefficient (Wildman–Crippen LogP) is 8.38. The highest BCUT2D eigenvalue weighted by atomic mass is 35.5. The van der Waals surface area contributed by atoms with Crippen molar-refractivity contribution in [2.75, 3.05) is 19.8 Å². The van der Waals surface area contributed by atoms with Crippen LogP contribution in [0.5, 0.6) is 11.6 Å². The van der Waals surface area contributed by atoms with Gasteiger partial charge in [0.25, 0.3) is 8.32 Å². The Morgan fingerprint density at radius 1 is 1.00 bits per heavy atom. The SMILES string of the molecule is C=C(C)COc1ccnc2c1n(-c1nc(O[C@H](C)CCO[Si](c3ccccc3)(c3ccccc3)C(C)(C)C)c(Cl)cc1F)c(=O)n2COCC[Si](C)(C)C. The van der Waals surface area contributed by atoms with Gasteiger partial charge in [0.15, 0.2) is 17.3 Å². The van der Waals surface area contributed by atoms with Crippen molar-refractivity contribution >= 4 is 49.5 Å². The summed E-state index contributed by atoms with van der Waals surface area (Å²) in [6, 6.07) is 24.5. The Morgan fingerprint density at radius 3 is 2.20 bits per heavy atom. The molecule has 288 valence electrons. The molecule has 0 radical (unpaired) electrons. The van der Waals surface area contributed by atoms with Crippen LogP contribution in [-0.4, -0.2) is 61.4 Å². The standard InChI is InChI=1S/C41H52ClFN4O5Si2/c1-29(2)27-50-35-20-22-44-38-36(35)47(40(48)46(38)28-49-24-25-53(7,8)9)37-34(43)26-33(42)39(45-37)52-30(3)21-23-51-54(41(4,5)6,31-16-12-10-13-17-31)32-18-14-11-15-19-32/h10-20,22,26,30H,1,21,23-25,27-28H2,2-9H3/t30-/m1/s1. The zero-order valence-corrected chi connectivity index (χ0v) is 35.4. The van der Waals surface area contributed by atoms with Crippen LogP contribution in [0.4, 0.5) is 4.39 Å². The number of nitrogens with zero attached hydrogens (tertiary/aromatic N) is 4. The Balaban J connectivity index is 1.46. The van der Waals surface area contributed by atoms with Gasteiger partial charge >= 0.3 is 5.69 Å². The van der Waals surface area contributed by atoms with Crippen molar-refractivity contribution in [3.63, 3.8) is 0 Å². The molecule has 3 aromatic heterocycles. The quantitative estimate of drug-likeness (QED) is 0.0532. The summed E-state index contributed by atoms with van der Waals surface area (Å²) in [5.74, 6) is -0.813. The number of halogens is 2. The smallest absolute Gasteiger partial charge is 0.338 e. The predicted molar refractivity (Wildman–Crippen MR) is 221 cm³/mol. The summed E-state index contributed by atoms with van der Waals surface area (Å²) in [5.41, 5.74) is 0.675. The third-order valence-electron chi connectivity index (χ3n) is 9.12. The highest BCUT2D eigenvalue weighted by Gasteiger charge is 2.50. The van der Waals surface area contributed by atoms with Gasteiger partial charge in [-0.05, 0) is 40.9 Å². The van der Waals surface area contributed by atoms with Crippen LogP contribution in [0.25, 0.3) is 17.0 Å². The Morgan fingerprint density at radius 2 is 1.63 bits per heavy atom. The number of hydrogen-bond acceptors (Lipinski definition) is 7. The molecule has 0 amide bonds. The molecule has 5 aromatic rings. The highest BCUT2D eigenvalue weighted by Crippen LogP contribution is 2.37. The minimum Gasteiger partial charge on any atom is -0.487 e. The lowest BCUT2D eigenvalue weighted by molar-refractivity contribution is 0.0871. The Hall–Kier alpha value is -4.08. The monoisotopic (exact) mass is 790 g/mol. The van der Waals surface area contributed by atoms with E-state index < -0.39 is 34.0 Å². The van der Waals surface area contributed by atoms with E-state index in [9.17, 15) is 4.79 Å². The number of aromatic nitrogens is 4. The second kappa shape index (κ2) is 17.2. The van der Waals surface area contributed by atoms with E-state index in [-0.39, 0.29) is 46.3 Å². The molecule has 3 heterocycles. The molecule has 9 nitrogen and oxygen atoms in total. The van der Waals surface area contributed by atoms with E-state index >= 15 is 4.39 Å². The first kappa shape index (κ1) is 41.1. The molecule has 0 bridgehead atoms. The fourth-order valence-electron chi connectivity index (χ4n) is 6.37. The van der Waals surface area contributed by atoms with Crippen LogP contribution < -0.4 is 25.5 Å². The van der Waals surface area contributed by atoms with Gasteiger partial charge in [-0.15, -0.1) is 0 Å². The van der Waals surface area contributed by atoms with Crippen LogP contribution in [0.1, 0.15) is 41.0 Å². The molecule has 13 heteroatoms. The van der Waals surface area contributed by atoms with E-state index in [0.29, 0.717) is 25.4 Å². The highest BCUT2D eigenvalue weighted by molar-refractivity contribution is 6.99. The van der Waals surface area contributed by atoms with Crippen molar-refractivity contribution in [1.82, 2.24) is 19.1 Å². The largest absolute Gasteiger partial charge is 0.487 e. The second-order valence-corrected chi connectivity index (χ2v) is 26.3. The minimum absolute atomic E-state index is 0.0153. The Kier molecular flexibility index (Phi) is 13.1. The third-order valence-corrected chi connectivity index (χ3v) is 16.1. The third kappa shape index (κ3) is 9.23. The van der Waals surface area contributed by atoms with Crippen LogP contribution in [-0.2, 0) is 15.9 Å². The van der Waals surface area contributed by atoms with Gasteiger partial charge in [0.1, 0.15) is 29.6 Å². The van der Waals surface area contributed by atoms with E-state index in [1.807, 2.05) is 26.0 Å². The molecular formula is C41H52ClFN4O5Si2. The molecule has 54 heavy (non-hydrogen) atoms. The van der Waals surface area contributed by atoms with Crippen molar-refractivity contribution in [3.05, 3.63) is 112 Å². The lowest BCUT2D eigenvalue weighted by atomic mass is 10.2. The van der Waals surface area contributed by atoms with Crippen LogP contribution in [0.2, 0.25) is 35.7 Å². The average Bonchev–Trinajstić information content (AvgIpc) is 3.39. The normalized spacial score (nSPS) is 12.9. The Bertz CT molecular complexity index is 2070. The summed E-state index contributed by atoms with van der Waals surface area (Å²) in [5, 5.41) is 2.14. The lowest BCUT2D eigenvalue weighted by Crippen LogP contribution is -2.66. The molecule has 0 aliphatic rings. The van der Waals surface area contributed by atoms with E-state index in [1.165, 1.54) is 21.1 Å². The number of hydrogen-bond donors (Lipinski definition) is 0. The summed E-state index contributed by atoms with van der Waals surface area (Å²) in [7, 11) is -4.15. The first-order valence-corrected chi connectivity index (χ1v) is 24.3. The van der Waals surface area contributed by atoms with Gasteiger partial charge in [-0.3, -0.25) is 4.57 Å². The van der Waals surface area contributed by atoms with Gasteiger partial charge < -0.3 is 18.6 Å². The number of rotatable bonds is 17. The number of benzene rings is 2. The number of ether oxygens (including phenoxy) is 3.